The molecule has 0 saturated carbocycles. The number of carbonyl (C=O) groups is 1. The van der Waals surface area contributed by atoms with Crippen molar-refractivity contribution in [3.05, 3.63) is 76.3 Å². The second-order valence-corrected chi connectivity index (χ2v) is 6.16. The van der Waals surface area contributed by atoms with Gasteiger partial charge in [-0.1, -0.05) is 36.5 Å². The Hall–Kier alpha value is -2.53. The maximum atomic E-state index is 11.4. The number of anilines is 1. The number of esters is 1. The summed E-state index contributed by atoms with van der Waals surface area (Å²) >= 11 is 1.50. The molecular formula is C19H20N2O2S. The highest BCUT2D eigenvalue weighted by molar-refractivity contribution is 8.06. The number of aryl methyl sites for hydroxylation is 1. The van der Waals surface area contributed by atoms with E-state index in [0.29, 0.717) is 5.56 Å². The predicted octanol–water partition coefficient (Wildman–Crippen LogP) is 4.85. The summed E-state index contributed by atoms with van der Waals surface area (Å²) in [7, 11) is 1.37. The van der Waals surface area contributed by atoms with Gasteiger partial charge in [-0.3, -0.25) is 0 Å². The van der Waals surface area contributed by atoms with E-state index in [9.17, 15) is 4.79 Å². The number of nitrogens with one attached hydrogen (secondary N) is 1. The number of carbonyl (C=O) groups excluding carboxylic acids is 1. The summed E-state index contributed by atoms with van der Waals surface area (Å²) in [6, 6.07) is 13.1. The molecule has 1 heterocycles. The van der Waals surface area contributed by atoms with Crippen molar-refractivity contribution in [2.24, 2.45) is 0 Å². The summed E-state index contributed by atoms with van der Waals surface area (Å²) in [5.41, 5.74) is 3.61. The molecule has 0 radical (unpaired) electrons. The molecule has 1 aromatic heterocycles. The maximum absolute atomic E-state index is 11.4. The molecule has 2 rings (SSSR count). The van der Waals surface area contributed by atoms with Crippen LogP contribution in [0.1, 0.15) is 28.5 Å². The molecule has 4 nitrogen and oxygen atoms in total. The molecule has 124 valence electrons. The van der Waals surface area contributed by atoms with Crippen molar-refractivity contribution in [1.29, 1.82) is 0 Å². The molecule has 2 aromatic rings. The number of ether oxygens (including phenoxy) is 1. The monoisotopic (exact) mass is 340 g/mol. The quantitative estimate of drug-likeness (QED) is 0.762. The summed E-state index contributed by atoms with van der Waals surface area (Å²) in [5, 5.41) is 5.98. The maximum Gasteiger partial charge on any atom is 0.337 e. The fraction of sp³-hybridized carbons (Fsp3) is 0.158. The Morgan fingerprint density at radius 2 is 1.88 bits per heavy atom. The first-order chi connectivity index (χ1) is 11.5. The van der Waals surface area contributed by atoms with Crippen LogP contribution in [-0.4, -0.2) is 18.1 Å². The zero-order chi connectivity index (χ0) is 17.5. The summed E-state index contributed by atoms with van der Waals surface area (Å²) in [5.74, 6) is 0.446. The van der Waals surface area contributed by atoms with E-state index in [-0.39, 0.29) is 5.97 Å². The molecule has 0 atom stereocenters. The van der Waals surface area contributed by atoms with E-state index in [1.165, 1.54) is 18.9 Å². The zero-order valence-electron chi connectivity index (χ0n) is 14.0. The molecular weight excluding hydrogens is 320 g/mol. The van der Waals surface area contributed by atoms with Crippen molar-refractivity contribution < 1.29 is 9.53 Å². The molecule has 0 saturated heterocycles. The smallest absolute Gasteiger partial charge is 0.337 e. The highest BCUT2D eigenvalue weighted by atomic mass is 32.2. The van der Waals surface area contributed by atoms with Crippen LogP contribution < -0.4 is 5.32 Å². The summed E-state index contributed by atoms with van der Waals surface area (Å²) < 4.78 is 4.70. The van der Waals surface area contributed by atoms with Crippen molar-refractivity contribution in [3.8, 4) is 0 Å². The van der Waals surface area contributed by atoms with Crippen LogP contribution in [0.15, 0.2) is 59.5 Å². The first-order valence-corrected chi connectivity index (χ1v) is 8.29. The van der Waals surface area contributed by atoms with Gasteiger partial charge in [0, 0.05) is 5.69 Å². The molecule has 0 aliphatic heterocycles. The number of nitrogens with zero attached hydrogens (tertiary/aromatic N) is 1. The van der Waals surface area contributed by atoms with Gasteiger partial charge in [0.1, 0.15) is 5.82 Å². The van der Waals surface area contributed by atoms with Crippen molar-refractivity contribution >= 4 is 29.1 Å². The Morgan fingerprint density at radius 3 is 2.50 bits per heavy atom. The number of benzene rings is 1. The Labute approximate surface area is 146 Å². The minimum Gasteiger partial charge on any atom is -0.465 e. The number of rotatable bonds is 6. The summed E-state index contributed by atoms with van der Waals surface area (Å²) in [6.45, 7) is 7.96. The standard InChI is InChI=1S/C19H20N2O2S/c1-13(16-8-10-17(11-9-16)19(22)23-4)12-24-15(3)21-18-7-5-6-14(2)20-18/h5-12H,3H2,1-2,4H3,(H,20,21)/b13-12+. The molecule has 0 spiro atoms. The zero-order valence-corrected chi connectivity index (χ0v) is 14.8. The van der Waals surface area contributed by atoms with E-state index in [2.05, 4.69) is 16.9 Å². The Bertz CT molecular complexity index is 767. The summed E-state index contributed by atoms with van der Waals surface area (Å²) in [4.78, 5) is 15.8. The van der Waals surface area contributed by atoms with Gasteiger partial charge in [0.25, 0.3) is 0 Å². The molecule has 5 heteroatoms. The summed E-state index contributed by atoms with van der Waals surface area (Å²) in [6.07, 6.45) is 0. The Balaban J connectivity index is 1.98. The Kier molecular flexibility index (Phi) is 6.21. The molecule has 0 amide bonds. The highest BCUT2D eigenvalue weighted by Crippen LogP contribution is 2.24. The molecule has 1 N–H and O–H groups in total. The van der Waals surface area contributed by atoms with Gasteiger partial charge in [-0.15, -0.1) is 0 Å². The van der Waals surface area contributed by atoms with Crippen LogP contribution in [0, 0.1) is 6.92 Å². The number of allylic oxidation sites excluding steroid dienone is 1. The van der Waals surface area contributed by atoms with Gasteiger partial charge < -0.3 is 10.1 Å². The van der Waals surface area contributed by atoms with Gasteiger partial charge in [-0.25, -0.2) is 9.78 Å². The lowest BCUT2D eigenvalue weighted by molar-refractivity contribution is 0.0600. The number of methoxy groups -OCH3 is 1. The number of thioether (sulfide) groups is 1. The molecule has 24 heavy (non-hydrogen) atoms. The highest BCUT2D eigenvalue weighted by Gasteiger charge is 2.05. The number of aromatic nitrogens is 1. The fourth-order valence-corrected chi connectivity index (χ4v) is 2.62. The van der Waals surface area contributed by atoms with E-state index in [1.54, 1.807) is 12.1 Å². The molecule has 1 aromatic carbocycles. The minimum absolute atomic E-state index is 0.333. The minimum atomic E-state index is -0.333. The lowest BCUT2D eigenvalue weighted by Gasteiger charge is -2.08. The average Bonchev–Trinajstić information content (AvgIpc) is 2.59. The van der Waals surface area contributed by atoms with Crippen molar-refractivity contribution in [2.45, 2.75) is 13.8 Å². The van der Waals surface area contributed by atoms with Gasteiger partial charge >= 0.3 is 5.97 Å². The van der Waals surface area contributed by atoms with Crippen LogP contribution in [0.2, 0.25) is 0 Å². The van der Waals surface area contributed by atoms with Crippen LogP contribution in [0.3, 0.4) is 0 Å². The second kappa shape index (κ2) is 8.36. The molecule has 0 unspecified atom stereocenters. The van der Waals surface area contributed by atoms with E-state index in [1.807, 2.05) is 49.6 Å². The number of hydrogen-bond donors (Lipinski definition) is 1. The van der Waals surface area contributed by atoms with Crippen molar-refractivity contribution in [1.82, 2.24) is 4.98 Å². The molecule has 0 bridgehead atoms. The van der Waals surface area contributed by atoms with Gasteiger partial charge in [0.05, 0.1) is 17.7 Å². The first-order valence-electron chi connectivity index (χ1n) is 7.41. The number of hydrogen-bond acceptors (Lipinski definition) is 5. The van der Waals surface area contributed by atoms with Gasteiger partial charge in [0.15, 0.2) is 0 Å². The Morgan fingerprint density at radius 1 is 1.21 bits per heavy atom. The van der Waals surface area contributed by atoms with Crippen LogP contribution in [0.4, 0.5) is 5.82 Å². The average molecular weight is 340 g/mol. The van der Waals surface area contributed by atoms with Crippen LogP contribution in [0.25, 0.3) is 5.57 Å². The SMILES string of the molecule is C=C(Nc1cccc(C)n1)S/C=C(\C)c1ccc(C(=O)OC)cc1. The van der Waals surface area contributed by atoms with Crippen molar-refractivity contribution in [2.75, 3.05) is 12.4 Å². The molecule has 0 fully saturated rings. The largest absolute Gasteiger partial charge is 0.465 e. The normalized spacial score (nSPS) is 11.0. The van der Waals surface area contributed by atoms with Crippen LogP contribution in [-0.2, 0) is 4.74 Å². The van der Waals surface area contributed by atoms with E-state index in [0.717, 1.165) is 27.7 Å². The van der Waals surface area contributed by atoms with E-state index < -0.39 is 0 Å². The fourth-order valence-electron chi connectivity index (χ4n) is 2.00. The lowest BCUT2D eigenvalue weighted by Crippen LogP contribution is -2.00. The van der Waals surface area contributed by atoms with E-state index >= 15 is 0 Å². The second-order valence-electron chi connectivity index (χ2n) is 5.20. The third kappa shape index (κ3) is 4.99. The third-order valence-electron chi connectivity index (χ3n) is 3.30. The van der Waals surface area contributed by atoms with Gasteiger partial charge in [-0.2, -0.15) is 0 Å². The van der Waals surface area contributed by atoms with Crippen LogP contribution in [0.5, 0.6) is 0 Å². The first kappa shape index (κ1) is 17.8. The van der Waals surface area contributed by atoms with Crippen LogP contribution >= 0.6 is 11.8 Å². The topological polar surface area (TPSA) is 51.2 Å². The third-order valence-corrected chi connectivity index (χ3v) is 4.15. The molecule has 0 aliphatic carbocycles. The van der Waals surface area contributed by atoms with Gasteiger partial charge in [-0.05, 0) is 54.7 Å². The van der Waals surface area contributed by atoms with E-state index in [4.69, 9.17) is 4.74 Å². The predicted molar refractivity (Wildman–Crippen MR) is 101 cm³/mol. The number of pyridine rings is 1. The lowest BCUT2D eigenvalue weighted by atomic mass is 10.1. The van der Waals surface area contributed by atoms with Crippen molar-refractivity contribution in [3.63, 3.8) is 0 Å². The van der Waals surface area contributed by atoms with Gasteiger partial charge in [0.2, 0.25) is 0 Å². The molecule has 0 aliphatic rings.